The molecule has 2 rings (SSSR count). The molecule has 1 aliphatic rings. The fourth-order valence-electron chi connectivity index (χ4n) is 3.91. The number of rotatable bonds is 9. The van der Waals surface area contributed by atoms with Crippen LogP contribution in [0.2, 0.25) is 18.1 Å². The van der Waals surface area contributed by atoms with E-state index in [9.17, 15) is 19.5 Å². The Bertz CT molecular complexity index is 1290. The fourth-order valence-corrected chi connectivity index (χ4v) is 4.98. The van der Waals surface area contributed by atoms with Gasteiger partial charge in [-0.2, -0.15) is 0 Å². The molecular formula is C33H48N2O7Si. The molecule has 2 amide bonds. The number of nitrogens with one attached hydrogen (secondary N) is 2. The van der Waals surface area contributed by atoms with Crippen molar-refractivity contribution >= 4 is 26.3 Å². The Morgan fingerprint density at radius 3 is 2.16 bits per heavy atom. The van der Waals surface area contributed by atoms with Crippen LogP contribution in [-0.2, 0) is 18.7 Å². The molecule has 9 nitrogen and oxygen atoms in total. The normalized spacial score (nSPS) is 18.0. The summed E-state index contributed by atoms with van der Waals surface area (Å²) < 4.78 is 16.4. The molecule has 0 bridgehead atoms. The van der Waals surface area contributed by atoms with Crippen LogP contribution in [0.1, 0.15) is 77.7 Å². The number of hydrogen-bond donors (Lipinski definition) is 3. The third kappa shape index (κ3) is 11.0. The predicted octanol–water partition coefficient (Wildman–Crippen LogP) is 4.64. The van der Waals surface area contributed by atoms with E-state index in [2.05, 4.69) is 68.2 Å². The molecule has 0 radical (unpaired) electrons. The van der Waals surface area contributed by atoms with Crippen molar-refractivity contribution in [3.63, 3.8) is 0 Å². The second-order valence-electron chi connectivity index (χ2n) is 14.1. The Morgan fingerprint density at radius 2 is 1.63 bits per heavy atom. The van der Waals surface area contributed by atoms with Crippen molar-refractivity contribution in [2.75, 3.05) is 13.7 Å². The Labute approximate surface area is 258 Å². The lowest BCUT2D eigenvalue weighted by molar-refractivity contribution is -0.144. The van der Waals surface area contributed by atoms with Gasteiger partial charge in [0, 0.05) is 23.7 Å². The standard InChI is InChI=1S/C33H48N2O7Si/c1-31(2,3)42-30(39)35-33(7,8)27(29(38)40-9)34-28(37)23-18-16-22(17-19-23)14-12-13-15-26(36)25-20-24(25)21-41-43(10,11)32(4,5)6/h16-19,24-27,36H,20-21H2,1-11H3,(H,34,37)(H,35,39)/t24?,25?,26?,27-/m1/s1. The van der Waals surface area contributed by atoms with Gasteiger partial charge in [-0.15, -0.1) is 0 Å². The molecule has 1 fully saturated rings. The predicted molar refractivity (Wildman–Crippen MR) is 169 cm³/mol. The van der Waals surface area contributed by atoms with Crippen molar-refractivity contribution in [3.8, 4) is 23.7 Å². The van der Waals surface area contributed by atoms with Crippen LogP contribution < -0.4 is 10.6 Å². The number of hydrogen-bond acceptors (Lipinski definition) is 7. The maximum absolute atomic E-state index is 13.0. The second-order valence-corrected chi connectivity index (χ2v) is 18.9. The summed E-state index contributed by atoms with van der Waals surface area (Å²) in [4.78, 5) is 37.8. The first-order chi connectivity index (χ1) is 19.7. The smallest absolute Gasteiger partial charge is 0.408 e. The van der Waals surface area contributed by atoms with Gasteiger partial charge in [0.1, 0.15) is 17.7 Å². The van der Waals surface area contributed by atoms with E-state index in [0.717, 1.165) is 6.42 Å². The minimum absolute atomic E-state index is 0.106. The molecule has 10 heteroatoms. The van der Waals surface area contributed by atoms with Gasteiger partial charge in [0.15, 0.2) is 8.32 Å². The first kappa shape index (κ1) is 35.9. The van der Waals surface area contributed by atoms with Gasteiger partial charge < -0.3 is 29.6 Å². The van der Waals surface area contributed by atoms with E-state index < -0.39 is 49.6 Å². The maximum Gasteiger partial charge on any atom is 0.408 e. The van der Waals surface area contributed by atoms with Crippen molar-refractivity contribution in [2.24, 2.45) is 11.8 Å². The van der Waals surface area contributed by atoms with Crippen LogP contribution in [0.4, 0.5) is 4.79 Å². The van der Waals surface area contributed by atoms with E-state index in [0.29, 0.717) is 18.1 Å². The number of aliphatic hydroxyl groups excluding tert-OH is 1. The first-order valence-corrected chi connectivity index (χ1v) is 17.4. The molecule has 0 heterocycles. The van der Waals surface area contributed by atoms with Gasteiger partial charge in [-0.1, -0.05) is 32.6 Å². The van der Waals surface area contributed by atoms with Crippen LogP contribution in [0, 0.1) is 35.5 Å². The van der Waals surface area contributed by atoms with E-state index >= 15 is 0 Å². The Morgan fingerprint density at radius 1 is 1.02 bits per heavy atom. The molecule has 0 saturated heterocycles. The lowest BCUT2D eigenvalue weighted by atomic mass is 9.94. The number of aliphatic hydroxyl groups is 1. The molecule has 236 valence electrons. The highest BCUT2D eigenvalue weighted by atomic mass is 28.4. The highest BCUT2D eigenvalue weighted by Crippen LogP contribution is 2.44. The summed E-state index contributed by atoms with van der Waals surface area (Å²) in [5.74, 6) is 10.4. The monoisotopic (exact) mass is 612 g/mol. The minimum atomic E-state index is -1.81. The van der Waals surface area contributed by atoms with E-state index in [-0.39, 0.29) is 16.5 Å². The zero-order valence-corrected chi connectivity index (χ0v) is 28.4. The summed E-state index contributed by atoms with van der Waals surface area (Å²) in [6.07, 6.45) is -0.580. The molecule has 1 saturated carbocycles. The van der Waals surface area contributed by atoms with Crippen LogP contribution in [0.5, 0.6) is 0 Å². The average Bonchev–Trinajstić information content (AvgIpc) is 3.66. The minimum Gasteiger partial charge on any atom is -0.467 e. The largest absolute Gasteiger partial charge is 0.467 e. The third-order valence-electron chi connectivity index (χ3n) is 7.74. The number of methoxy groups -OCH3 is 1. The number of alkyl carbamates (subject to hydrolysis) is 1. The van der Waals surface area contributed by atoms with Crippen LogP contribution >= 0.6 is 0 Å². The number of ether oxygens (including phenoxy) is 2. The van der Waals surface area contributed by atoms with Gasteiger partial charge in [-0.3, -0.25) is 4.79 Å². The second kappa shape index (κ2) is 14.0. The molecule has 1 aromatic carbocycles. The molecule has 4 atom stereocenters. The SMILES string of the molecule is COC(=O)[C@@H](NC(=O)c1ccc(C#CC#CC(O)C2CC2CO[Si](C)(C)C(C)(C)C)cc1)C(C)(C)NC(=O)OC(C)(C)C. The van der Waals surface area contributed by atoms with E-state index in [1.54, 1.807) is 58.9 Å². The van der Waals surface area contributed by atoms with Crippen LogP contribution in [0.25, 0.3) is 0 Å². The third-order valence-corrected chi connectivity index (χ3v) is 12.2. The van der Waals surface area contributed by atoms with Gasteiger partial charge in [0.25, 0.3) is 5.91 Å². The lowest BCUT2D eigenvalue weighted by Crippen LogP contribution is -2.62. The number of carbonyl (C=O) groups is 3. The van der Waals surface area contributed by atoms with Crippen molar-refractivity contribution in [1.29, 1.82) is 0 Å². The Hall–Kier alpha value is -3.31. The lowest BCUT2D eigenvalue weighted by Gasteiger charge is -2.36. The maximum atomic E-state index is 13.0. The molecule has 3 N–H and O–H groups in total. The summed E-state index contributed by atoms with van der Waals surface area (Å²) >= 11 is 0. The zero-order chi connectivity index (χ0) is 32.8. The van der Waals surface area contributed by atoms with Gasteiger partial charge in [-0.25, -0.2) is 9.59 Å². The molecule has 3 unspecified atom stereocenters. The molecule has 1 aromatic rings. The molecule has 43 heavy (non-hydrogen) atoms. The molecule has 0 spiro atoms. The van der Waals surface area contributed by atoms with Gasteiger partial charge in [-0.05, 0) is 101 Å². The van der Waals surface area contributed by atoms with Crippen molar-refractivity contribution in [1.82, 2.24) is 10.6 Å². The number of benzene rings is 1. The molecule has 0 aromatic heterocycles. The summed E-state index contributed by atoms with van der Waals surface area (Å²) in [6, 6.07) is 5.27. The van der Waals surface area contributed by atoms with Gasteiger partial charge in [0.05, 0.1) is 12.6 Å². The summed E-state index contributed by atoms with van der Waals surface area (Å²) in [5.41, 5.74) is -1.05. The molecule has 0 aliphatic heterocycles. The highest BCUT2D eigenvalue weighted by Gasteiger charge is 2.45. The van der Waals surface area contributed by atoms with Crippen molar-refractivity contribution in [2.45, 2.75) is 103 Å². The summed E-state index contributed by atoms with van der Waals surface area (Å²) in [5, 5.41) is 15.9. The van der Waals surface area contributed by atoms with Crippen molar-refractivity contribution in [3.05, 3.63) is 35.4 Å². The quantitative estimate of drug-likeness (QED) is 0.211. The zero-order valence-electron chi connectivity index (χ0n) is 27.4. The molecule has 1 aliphatic carbocycles. The van der Waals surface area contributed by atoms with Gasteiger partial charge in [0.2, 0.25) is 0 Å². The fraction of sp³-hybridized carbons (Fsp3) is 0.606. The van der Waals surface area contributed by atoms with E-state index in [4.69, 9.17) is 13.9 Å². The number of carbonyl (C=O) groups excluding carboxylic acids is 3. The van der Waals surface area contributed by atoms with Crippen LogP contribution in [-0.4, -0.2) is 68.4 Å². The first-order valence-electron chi connectivity index (χ1n) is 14.5. The Balaban J connectivity index is 1.97. The van der Waals surface area contributed by atoms with Crippen molar-refractivity contribution < 1.29 is 33.4 Å². The highest BCUT2D eigenvalue weighted by molar-refractivity contribution is 6.74. The van der Waals surface area contributed by atoms with Crippen LogP contribution in [0.15, 0.2) is 24.3 Å². The Kier molecular flexibility index (Phi) is 11.7. The van der Waals surface area contributed by atoms with Crippen LogP contribution in [0.3, 0.4) is 0 Å². The molecular weight excluding hydrogens is 564 g/mol. The van der Waals surface area contributed by atoms with E-state index in [1.807, 2.05) is 0 Å². The average molecular weight is 613 g/mol. The summed E-state index contributed by atoms with van der Waals surface area (Å²) in [7, 11) is -0.612. The van der Waals surface area contributed by atoms with E-state index in [1.165, 1.54) is 7.11 Å². The van der Waals surface area contributed by atoms with Gasteiger partial charge >= 0.3 is 12.1 Å². The number of esters is 1. The summed E-state index contributed by atoms with van der Waals surface area (Å²) in [6.45, 7) is 20.1. The topological polar surface area (TPSA) is 123 Å². The number of amides is 2.